The molecule has 2 unspecified atom stereocenters. The Hall–Kier alpha value is -1.30. The van der Waals surface area contributed by atoms with Gasteiger partial charge in [0.25, 0.3) is 0 Å². The normalized spacial score (nSPS) is 26.9. The number of nitrogens with zero attached hydrogens (tertiary/aromatic N) is 2. The third-order valence-electron chi connectivity index (χ3n) is 4.14. The number of aliphatic carboxylic acids is 1. The number of morpholine rings is 1. The monoisotopic (exact) mass is 284 g/mol. The van der Waals surface area contributed by atoms with Crippen molar-refractivity contribution in [3.63, 3.8) is 0 Å². The number of hydrogen-bond donors (Lipinski definition) is 1. The van der Waals surface area contributed by atoms with Crippen LogP contribution in [0.1, 0.15) is 32.6 Å². The van der Waals surface area contributed by atoms with Crippen LogP contribution in [-0.2, 0) is 9.53 Å². The number of amides is 2. The average Bonchev–Trinajstić information content (AvgIpc) is 2.87. The van der Waals surface area contributed by atoms with E-state index >= 15 is 0 Å². The second-order valence-electron chi connectivity index (χ2n) is 5.69. The second kappa shape index (κ2) is 6.92. The standard InChI is InChI=1S/C14H24N2O4/c1-2-3-11-4-5-15(9-11)14(19)16-6-7-20-10-12(16)8-13(17)18/h11-12H,2-10H2,1H3,(H,17,18). The lowest BCUT2D eigenvalue weighted by molar-refractivity contribution is -0.139. The summed E-state index contributed by atoms with van der Waals surface area (Å²) < 4.78 is 5.31. The summed E-state index contributed by atoms with van der Waals surface area (Å²) in [5, 5.41) is 8.94. The summed E-state index contributed by atoms with van der Waals surface area (Å²) in [6, 6.07) is -0.350. The molecule has 6 nitrogen and oxygen atoms in total. The zero-order valence-corrected chi connectivity index (χ0v) is 12.1. The number of carbonyl (C=O) groups is 2. The maximum atomic E-state index is 12.5. The van der Waals surface area contributed by atoms with Crippen molar-refractivity contribution in [2.24, 2.45) is 5.92 Å². The Kier molecular flexibility index (Phi) is 5.23. The minimum Gasteiger partial charge on any atom is -0.481 e. The highest BCUT2D eigenvalue weighted by molar-refractivity contribution is 5.76. The van der Waals surface area contributed by atoms with Gasteiger partial charge in [0.15, 0.2) is 0 Å². The number of hydrogen-bond acceptors (Lipinski definition) is 3. The van der Waals surface area contributed by atoms with Gasteiger partial charge in [-0.15, -0.1) is 0 Å². The van der Waals surface area contributed by atoms with Crippen molar-refractivity contribution in [3.05, 3.63) is 0 Å². The molecular weight excluding hydrogens is 260 g/mol. The molecule has 2 heterocycles. The molecule has 114 valence electrons. The first-order chi connectivity index (χ1) is 9.61. The molecular formula is C14H24N2O4. The smallest absolute Gasteiger partial charge is 0.320 e. The van der Waals surface area contributed by atoms with E-state index in [1.165, 1.54) is 0 Å². The van der Waals surface area contributed by atoms with Crippen LogP contribution in [0.25, 0.3) is 0 Å². The van der Waals surface area contributed by atoms with E-state index in [2.05, 4.69) is 6.92 Å². The molecule has 0 aromatic rings. The molecule has 2 amide bonds. The van der Waals surface area contributed by atoms with E-state index in [1.807, 2.05) is 4.90 Å². The van der Waals surface area contributed by atoms with Gasteiger partial charge in [0.05, 0.1) is 25.7 Å². The Balaban J connectivity index is 1.94. The van der Waals surface area contributed by atoms with Crippen molar-refractivity contribution in [1.82, 2.24) is 9.80 Å². The number of carbonyl (C=O) groups excluding carboxylic acids is 1. The van der Waals surface area contributed by atoms with Crippen molar-refractivity contribution in [1.29, 1.82) is 0 Å². The summed E-state index contributed by atoms with van der Waals surface area (Å²) in [7, 11) is 0. The molecule has 2 fully saturated rings. The minimum atomic E-state index is -0.886. The van der Waals surface area contributed by atoms with Gasteiger partial charge in [0.1, 0.15) is 0 Å². The molecule has 0 spiro atoms. The largest absolute Gasteiger partial charge is 0.481 e. The zero-order chi connectivity index (χ0) is 14.5. The van der Waals surface area contributed by atoms with Gasteiger partial charge in [-0.25, -0.2) is 4.79 Å². The topological polar surface area (TPSA) is 70.1 Å². The molecule has 20 heavy (non-hydrogen) atoms. The van der Waals surface area contributed by atoms with Crippen molar-refractivity contribution in [3.8, 4) is 0 Å². The summed E-state index contributed by atoms with van der Waals surface area (Å²) in [6.45, 7) is 5.07. The van der Waals surface area contributed by atoms with Crippen LogP contribution in [-0.4, -0.2) is 65.8 Å². The lowest BCUT2D eigenvalue weighted by Gasteiger charge is -2.37. The summed E-state index contributed by atoms with van der Waals surface area (Å²) in [4.78, 5) is 27.0. The van der Waals surface area contributed by atoms with Gasteiger partial charge < -0.3 is 19.6 Å². The molecule has 2 saturated heterocycles. The molecule has 6 heteroatoms. The van der Waals surface area contributed by atoms with E-state index in [9.17, 15) is 9.59 Å². The first-order valence-corrected chi connectivity index (χ1v) is 7.47. The first kappa shape index (κ1) is 15.1. The number of ether oxygens (including phenoxy) is 1. The molecule has 2 atom stereocenters. The molecule has 2 aliphatic rings. The van der Waals surface area contributed by atoms with Crippen LogP contribution in [0, 0.1) is 5.92 Å². The second-order valence-corrected chi connectivity index (χ2v) is 5.69. The summed E-state index contributed by atoms with van der Waals surface area (Å²) in [5.74, 6) is -0.286. The van der Waals surface area contributed by atoms with Crippen molar-refractivity contribution in [2.75, 3.05) is 32.8 Å². The number of likely N-dealkylation sites (tertiary alicyclic amines) is 1. The van der Waals surface area contributed by atoms with E-state index in [0.29, 0.717) is 25.7 Å². The molecule has 0 aromatic heterocycles. The van der Waals surface area contributed by atoms with Gasteiger partial charge in [-0.05, 0) is 18.8 Å². The maximum Gasteiger partial charge on any atom is 0.320 e. The van der Waals surface area contributed by atoms with Crippen LogP contribution < -0.4 is 0 Å². The Morgan fingerprint density at radius 2 is 2.15 bits per heavy atom. The summed E-state index contributed by atoms with van der Waals surface area (Å²) in [5.41, 5.74) is 0. The van der Waals surface area contributed by atoms with Crippen LogP contribution in [0.5, 0.6) is 0 Å². The molecule has 0 radical (unpaired) electrons. The molecule has 0 aromatic carbocycles. The quantitative estimate of drug-likeness (QED) is 0.847. The first-order valence-electron chi connectivity index (χ1n) is 7.47. The van der Waals surface area contributed by atoms with Crippen molar-refractivity contribution < 1.29 is 19.4 Å². The Morgan fingerprint density at radius 3 is 2.85 bits per heavy atom. The highest BCUT2D eigenvalue weighted by Gasteiger charge is 2.34. The third-order valence-corrected chi connectivity index (χ3v) is 4.14. The van der Waals surface area contributed by atoms with Gasteiger partial charge in [-0.3, -0.25) is 4.79 Å². The summed E-state index contributed by atoms with van der Waals surface area (Å²) in [6.07, 6.45) is 3.32. The van der Waals surface area contributed by atoms with Gasteiger partial charge in [-0.2, -0.15) is 0 Å². The van der Waals surface area contributed by atoms with Gasteiger partial charge in [0.2, 0.25) is 0 Å². The van der Waals surface area contributed by atoms with E-state index in [1.54, 1.807) is 4.90 Å². The molecule has 2 aliphatic heterocycles. The zero-order valence-electron chi connectivity index (χ0n) is 12.1. The van der Waals surface area contributed by atoms with Gasteiger partial charge in [0, 0.05) is 19.6 Å². The number of carboxylic acids is 1. The van der Waals surface area contributed by atoms with Crippen molar-refractivity contribution >= 4 is 12.0 Å². The number of rotatable bonds is 4. The minimum absolute atomic E-state index is 0.0156. The molecule has 1 N–H and O–H groups in total. The predicted octanol–water partition coefficient (Wildman–Crippen LogP) is 1.40. The van der Waals surface area contributed by atoms with Crippen LogP contribution in [0.3, 0.4) is 0 Å². The highest BCUT2D eigenvalue weighted by Crippen LogP contribution is 2.23. The molecule has 0 bridgehead atoms. The van der Waals surface area contributed by atoms with Gasteiger partial charge in [-0.1, -0.05) is 13.3 Å². The Bertz CT molecular complexity index is 361. The third kappa shape index (κ3) is 3.62. The fraction of sp³-hybridized carbons (Fsp3) is 0.857. The maximum absolute atomic E-state index is 12.5. The van der Waals surface area contributed by atoms with E-state index in [4.69, 9.17) is 9.84 Å². The number of carboxylic acid groups (broad SMARTS) is 1. The Morgan fingerprint density at radius 1 is 1.35 bits per heavy atom. The van der Waals surface area contributed by atoms with Crippen LogP contribution in [0.4, 0.5) is 4.79 Å². The highest BCUT2D eigenvalue weighted by atomic mass is 16.5. The fourth-order valence-corrected chi connectivity index (χ4v) is 3.11. The van der Waals surface area contributed by atoms with E-state index in [0.717, 1.165) is 32.4 Å². The van der Waals surface area contributed by atoms with Crippen molar-refractivity contribution in [2.45, 2.75) is 38.6 Å². The number of urea groups is 1. The SMILES string of the molecule is CCCC1CCN(C(=O)N2CCOCC2CC(=O)O)C1. The summed E-state index contributed by atoms with van der Waals surface area (Å²) >= 11 is 0. The van der Waals surface area contributed by atoms with E-state index in [-0.39, 0.29) is 18.5 Å². The fourth-order valence-electron chi connectivity index (χ4n) is 3.11. The lowest BCUT2D eigenvalue weighted by atomic mass is 10.0. The van der Waals surface area contributed by atoms with Gasteiger partial charge >= 0.3 is 12.0 Å². The van der Waals surface area contributed by atoms with Crippen LogP contribution in [0.15, 0.2) is 0 Å². The lowest BCUT2D eigenvalue weighted by Crippen LogP contribution is -2.53. The average molecular weight is 284 g/mol. The molecule has 2 rings (SSSR count). The molecule has 0 saturated carbocycles. The van der Waals surface area contributed by atoms with Crippen LogP contribution in [0.2, 0.25) is 0 Å². The predicted molar refractivity (Wildman–Crippen MR) is 73.5 cm³/mol. The van der Waals surface area contributed by atoms with E-state index < -0.39 is 5.97 Å². The molecule has 0 aliphatic carbocycles. The Labute approximate surface area is 119 Å². The van der Waals surface area contributed by atoms with Crippen LogP contribution >= 0.6 is 0 Å².